The molecule has 0 aromatic heterocycles. The zero-order valence-corrected chi connectivity index (χ0v) is 10.7. The highest BCUT2D eigenvalue weighted by atomic mass is 19.1. The van der Waals surface area contributed by atoms with Crippen LogP contribution in [0.25, 0.3) is 10.8 Å². The minimum atomic E-state index is -0.337. The predicted octanol–water partition coefficient (Wildman–Crippen LogP) is 2.34. The largest absolute Gasteiger partial charge is 0.396 e. The summed E-state index contributed by atoms with van der Waals surface area (Å²) in [6.45, 7) is 2.24. The van der Waals surface area contributed by atoms with Crippen LogP contribution >= 0.6 is 0 Å². The molecule has 1 amide bonds. The highest BCUT2D eigenvalue weighted by molar-refractivity contribution is 6.07. The van der Waals surface area contributed by atoms with E-state index < -0.39 is 0 Å². The van der Waals surface area contributed by atoms with Gasteiger partial charge in [0, 0.05) is 24.1 Å². The lowest BCUT2D eigenvalue weighted by atomic mass is 10.0. The fraction of sp³-hybridized carbons (Fsp3) is 0.267. The number of carbonyl (C=O) groups excluding carboxylic acids is 1. The van der Waals surface area contributed by atoms with Crippen molar-refractivity contribution in [2.75, 3.05) is 13.2 Å². The fourth-order valence-corrected chi connectivity index (χ4v) is 1.89. The van der Waals surface area contributed by atoms with Crippen molar-refractivity contribution < 1.29 is 14.3 Å². The van der Waals surface area contributed by atoms with Crippen LogP contribution in [0.1, 0.15) is 17.3 Å². The number of hydrogen-bond donors (Lipinski definition) is 2. The Morgan fingerprint density at radius 1 is 1.26 bits per heavy atom. The first kappa shape index (κ1) is 13.5. The molecule has 0 saturated heterocycles. The number of hydrogen-bond acceptors (Lipinski definition) is 2. The van der Waals surface area contributed by atoms with E-state index in [1.54, 1.807) is 24.3 Å². The van der Waals surface area contributed by atoms with Gasteiger partial charge in [-0.15, -0.1) is 0 Å². The van der Waals surface area contributed by atoms with Gasteiger partial charge >= 0.3 is 0 Å². The predicted molar refractivity (Wildman–Crippen MR) is 72.5 cm³/mol. The van der Waals surface area contributed by atoms with Crippen molar-refractivity contribution in [3.63, 3.8) is 0 Å². The number of rotatable bonds is 4. The number of amides is 1. The monoisotopic (exact) mass is 261 g/mol. The zero-order chi connectivity index (χ0) is 13.8. The molecule has 2 rings (SSSR count). The minimum absolute atomic E-state index is 0.00402. The van der Waals surface area contributed by atoms with Crippen LogP contribution in [0.5, 0.6) is 0 Å². The standard InChI is InChI=1S/C15H16FNO2/c1-10(9-18)8-17-15(19)13-6-7-14(16)12-5-3-2-4-11(12)13/h2-7,10,18H,8-9H2,1H3,(H,17,19). The molecule has 0 saturated carbocycles. The Morgan fingerprint density at radius 2 is 1.95 bits per heavy atom. The van der Waals surface area contributed by atoms with E-state index in [1.807, 2.05) is 6.92 Å². The SMILES string of the molecule is CC(CO)CNC(=O)c1ccc(F)c2ccccc12. The molecule has 0 aliphatic carbocycles. The molecule has 0 fully saturated rings. The lowest BCUT2D eigenvalue weighted by Crippen LogP contribution is -2.29. The van der Waals surface area contributed by atoms with Gasteiger partial charge in [-0.25, -0.2) is 4.39 Å². The molecule has 0 radical (unpaired) electrons. The van der Waals surface area contributed by atoms with Gasteiger partial charge in [-0.1, -0.05) is 31.2 Å². The maximum atomic E-state index is 13.6. The zero-order valence-electron chi connectivity index (χ0n) is 10.7. The van der Waals surface area contributed by atoms with E-state index in [4.69, 9.17) is 5.11 Å². The lowest BCUT2D eigenvalue weighted by Gasteiger charge is -2.11. The van der Waals surface area contributed by atoms with E-state index in [-0.39, 0.29) is 24.2 Å². The summed E-state index contributed by atoms with van der Waals surface area (Å²) < 4.78 is 13.6. The molecule has 0 aliphatic rings. The first-order chi connectivity index (χ1) is 9.13. The second-order valence-corrected chi connectivity index (χ2v) is 4.64. The van der Waals surface area contributed by atoms with Gasteiger partial charge in [-0.2, -0.15) is 0 Å². The third kappa shape index (κ3) is 2.90. The van der Waals surface area contributed by atoms with Crippen LogP contribution < -0.4 is 5.32 Å². The van der Waals surface area contributed by atoms with Gasteiger partial charge in [0.1, 0.15) is 5.82 Å². The molecular formula is C15H16FNO2. The molecule has 2 N–H and O–H groups in total. The Hall–Kier alpha value is -1.94. The topological polar surface area (TPSA) is 49.3 Å². The Morgan fingerprint density at radius 3 is 2.63 bits per heavy atom. The quantitative estimate of drug-likeness (QED) is 0.887. The molecule has 19 heavy (non-hydrogen) atoms. The number of nitrogens with one attached hydrogen (secondary N) is 1. The van der Waals surface area contributed by atoms with Gasteiger partial charge in [0.15, 0.2) is 0 Å². The lowest BCUT2D eigenvalue weighted by molar-refractivity contribution is 0.0944. The minimum Gasteiger partial charge on any atom is -0.396 e. The van der Waals surface area contributed by atoms with Crippen molar-refractivity contribution in [2.24, 2.45) is 5.92 Å². The van der Waals surface area contributed by atoms with Crippen molar-refractivity contribution in [1.29, 1.82) is 0 Å². The molecule has 0 heterocycles. The van der Waals surface area contributed by atoms with Crippen LogP contribution in [0, 0.1) is 11.7 Å². The summed E-state index contributed by atoms with van der Waals surface area (Å²) >= 11 is 0. The number of aliphatic hydroxyl groups excluding tert-OH is 1. The number of halogens is 1. The summed E-state index contributed by atoms with van der Waals surface area (Å²) in [4.78, 5) is 12.1. The maximum absolute atomic E-state index is 13.6. The summed E-state index contributed by atoms with van der Waals surface area (Å²) in [6, 6.07) is 9.67. The number of carbonyl (C=O) groups is 1. The van der Waals surface area contributed by atoms with E-state index in [9.17, 15) is 9.18 Å². The molecule has 0 bridgehead atoms. The summed E-state index contributed by atoms with van der Waals surface area (Å²) in [5, 5.41) is 12.7. The van der Waals surface area contributed by atoms with Gasteiger partial charge in [0.05, 0.1) is 0 Å². The van der Waals surface area contributed by atoms with Crippen LogP contribution in [-0.4, -0.2) is 24.2 Å². The normalized spacial score (nSPS) is 12.4. The van der Waals surface area contributed by atoms with Crippen LogP contribution in [0.3, 0.4) is 0 Å². The second kappa shape index (κ2) is 5.80. The van der Waals surface area contributed by atoms with Crippen molar-refractivity contribution in [2.45, 2.75) is 6.92 Å². The number of aliphatic hydroxyl groups is 1. The van der Waals surface area contributed by atoms with Crippen LogP contribution in [0.15, 0.2) is 36.4 Å². The highest BCUT2D eigenvalue weighted by Crippen LogP contribution is 2.21. The Bertz CT molecular complexity index is 598. The van der Waals surface area contributed by atoms with Crippen molar-refractivity contribution in [3.05, 3.63) is 47.8 Å². The van der Waals surface area contributed by atoms with Gasteiger partial charge in [0.2, 0.25) is 0 Å². The molecule has 1 unspecified atom stereocenters. The van der Waals surface area contributed by atoms with E-state index in [2.05, 4.69) is 5.32 Å². The smallest absolute Gasteiger partial charge is 0.251 e. The average molecular weight is 261 g/mol. The highest BCUT2D eigenvalue weighted by Gasteiger charge is 2.12. The van der Waals surface area contributed by atoms with Crippen molar-refractivity contribution in [3.8, 4) is 0 Å². The molecule has 2 aromatic rings. The van der Waals surface area contributed by atoms with Crippen LogP contribution in [0.4, 0.5) is 4.39 Å². The van der Waals surface area contributed by atoms with Gasteiger partial charge < -0.3 is 10.4 Å². The molecule has 4 heteroatoms. The Balaban J connectivity index is 2.30. The van der Waals surface area contributed by atoms with Gasteiger partial charge in [-0.05, 0) is 23.4 Å². The summed E-state index contributed by atoms with van der Waals surface area (Å²) in [6.07, 6.45) is 0. The Kier molecular flexibility index (Phi) is 4.12. The van der Waals surface area contributed by atoms with Gasteiger partial charge in [-0.3, -0.25) is 4.79 Å². The van der Waals surface area contributed by atoms with Crippen molar-refractivity contribution >= 4 is 16.7 Å². The molecule has 2 aromatic carbocycles. The van der Waals surface area contributed by atoms with Crippen LogP contribution in [0.2, 0.25) is 0 Å². The summed E-state index contributed by atoms with van der Waals surface area (Å²) in [5.41, 5.74) is 0.446. The first-order valence-electron chi connectivity index (χ1n) is 6.19. The molecule has 100 valence electrons. The van der Waals surface area contributed by atoms with E-state index in [1.165, 1.54) is 12.1 Å². The Labute approximate surface area is 111 Å². The first-order valence-corrected chi connectivity index (χ1v) is 6.19. The van der Waals surface area contributed by atoms with E-state index >= 15 is 0 Å². The van der Waals surface area contributed by atoms with E-state index in [0.29, 0.717) is 22.9 Å². The van der Waals surface area contributed by atoms with Crippen molar-refractivity contribution in [1.82, 2.24) is 5.32 Å². The van der Waals surface area contributed by atoms with Crippen LogP contribution in [-0.2, 0) is 0 Å². The number of fused-ring (bicyclic) bond motifs is 1. The number of benzene rings is 2. The summed E-state index contributed by atoms with van der Waals surface area (Å²) in [5.74, 6) is -0.594. The third-order valence-corrected chi connectivity index (χ3v) is 3.04. The van der Waals surface area contributed by atoms with Gasteiger partial charge in [0.25, 0.3) is 5.91 Å². The average Bonchev–Trinajstić information content (AvgIpc) is 2.45. The summed E-state index contributed by atoms with van der Waals surface area (Å²) in [7, 11) is 0. The maximum Gasteiger partial charge on any atom is 0.251 e. The molecule has 1 atom stereocenters. The molecule has 3 nitrogen and oxygen atoms in total. The molecule has 0 spiro atoms. The third-order valence-electron chi connectivity index (χ3n) is 3.04. The fourth-order valence-electron chi connectivity index (χ4n) is 1.89. The molecular weight excluding hydrogens is 245 g/mol. The van der Waals surface area contributed by atoms with E-state index in [0.717, 1.165) is 0 Å². The molecule has 0 aliphatic heterocycles. The second-order valence-electron chi connectivity index (χ2n) is 4.64.